The van der Waals surface area contributed by atoms with E-state index in [-0.39, 0.29) is 24.1 Å². The molecule has 1 aliphatic heterocycles. The second-order valence-electron chi connectivity index (χ2n) is 8.43. The van der Waals surface area contributed by atoms with Gasteiger partial charge in [0, 0.05) is 37.9 Å². The van der Waals surface area contributed by atoms with E-state index in [1.807, 2.05) is 4.90 Å². The fraction of sp³-hybridized carbons (Fsp3) is 0.636. The monoisotopic (exact) mass is 456 g/mol. The van der Waals surface area contributed by atoms with Crippen LogP contribution in [0.5, 0.6) is 5.75 Å². The molecule has 1 aliphatic carbocycles. The maximum atomic E-state index is 12.4. The largest absolute Gasteiger partial charge is 0.573 e. The Morgan fingerprint density at radius 3 is 1.94 bits per heavy atom. The van der Waals surface area contributed by atoms with Crippen molar-refractivity contribution in [2.45, 2.75) is 50.9 Å². The molecule has 1 saturated carbocycles. The van der Waals surface area contributed by atoms with E-state index in [2.05, 4.69) is 20.3 Å². The summed E-state index contributed by atoms with van der Waals surface area (Å²) in [4.78, 5) is 28.7. The number of hydrogen-bond donors (Lipinski definition) is 2. The number of halogens is 3. The van der Waals surface area contributed by atoms with Gasteiger partial charge in [-0.2, -0.15) is 0 Å². The van der Waals surface area contributed by atoms with Gasteiger partial charge in [0.2, 0.25) is 11.8 Å². The fourth-order valence-corrected chi connectivity index (χ4v) is 4.15. The van der Waals surface area contributed by atoms with Crippen molar-refractivity contribution in [1.82, 2.24) is 15.1 Å². The molecule has 2 N–H and O–H groups in total. The fourth-order valence-electron chi connectivity index (χ4n) is 4.15. The summed E-state index contributed by atoms with van der Waals surface area (Å²) in [6, 6.07) is 5.33. The Morgan fingerprint density at radius 1 is 0.875 bits per heavy atom. The third-order valence-electron chi connectivity index (χ3n) is 5.79. The highest BCUT2D eigenvalue weighted by Crippen LogP contribution is 2.24. The molecule has 178 valence electrons. The van der Waals surface area contributed by atoms with E-state index in [4.69, 9.17) is 0 Å². The number of rotatable bonds is 7. The number of ether oxygens (including phenoxy) is 1. The molecule has 1 heterocycles. The minimum Gasteiger partial charge on any atom is -0.406 e. The van der Waals surface area contributed by atoms with Gasteiger partial charge >= 0.3 is 6.36 Å². The number of anilines is 1. The maximum Gasteiger partial charge on any atom is 0.573 e. The first-order chi connectivity index (χ1) is 15.3. The quantitative estimate of drug-likeness (QED) is 0.618. The van der Waals surface area contributed by atoms with Gasteiger partial charge in [-0.3, -0.25) is 19.4 Å². The van der Waals surface area contributed by atoms with Crippen molar-refractivity contribution >= 4 is 17.5 Å². The molecule has 2 aliphatic rings. The zero-order valence-electron chi connectivity index (χ0n) is 18.1. The first kappa shape index (κ1) is 24.3. The van der Waals surface area contributed by atoms with Crippen molar-refractivity contribution in [2.24, 2.45) is 0 Å². The highest BCUT2D eigenvalue weighted by atomic mass is 19.4. The van der Waals surface area contributed by atoms with Crippen LogP contribution >= 0.6 is 0 Å². The standard InChI is InChI=1S/C22H31F3N4O3/c23-22(24,25)32-19-9-7-18(8-10-19)27-21(31)16-29-13-11-28(12-14-29)15-20(30)26-17-5-3-1-2-4-6-17/h7-10,17H,1-6,11-16H2,(H,26,30)(H,27,31). The van der Waals surface area contributed by atoms with Crippen LogP contribution in [0.4, 0.5) is 18.9 Å². The van der Waals surface area contributed by atoms with Crippen LogP contribution in [0.3, 0.4) is 0 Å². The van der Waals surface area contributed by atoms with Crippen molar-refractivity contribution < 1.29 is 27.5 Å². The lowest BCUT2D eigenvalue weighted by atomic mass is 10.1. The Morgan fingerprint density at radius 2 is 1.41 bits per heavy atom. The minimum absolute atomic E-state index is 0.0704. The third kappa shape index (κ3) is 8.66. The summed E-state index contributed by atoms with van der Waals surface area (Å²) in [6.45, 7) is 3.31. The van der Waals surface area contributed by atoms with Crippen molar-refractivity contribution in [3.8, 4) is 5.75 Å². The molecule has 3 rings (SSSR count). The van der Waals surface area contributed by atoms with Gasteiger partial charge in [0.05, 0.1) is 13.1 Å². The van der Waals surface area contributed by atoms with Gasteiger partial charge in [0.25, 0.3) is 0 Å². The summed E-state index contributed by atoms with van der Waals surface area (Å²) in [5.74, 6) is -0.509. The average molecular weight is 457 g/mol. The van der Waals surface area contributed by atoms with Crippen LogP contribution in [0.1, 0.15) is 38.5 Å². The van der Waals surface area contributed by atoms with Gasteiger partial charge in [-0.1, -0.05) is 25.7 Å². The van der Waals surface area contributed by atoms with Gasteiger partial charge in [-0.05, 0) is 37.1 Å². The normalized spacial score (nSPS) is 19.2. The smallest absolute Gasteiger partial charge is 0.406 e. The summed E-state index contributed by atoms with van der Waals surface area (Å²) >= 11 is 0. The lowest BCUT2D eigenvalue weighted by Gasteiger charge is -2.34. The number of amides is 2. The van der Waals surface area contributed by atoms with E-state index < -0.39 is 6.36 Å². The van der Waals surface area contributed by atoms with E-state index in [0.29, 0.717) is 44.5 Å². The molecule has 0 atom stereocenters. The van der Waals surface area contributed by atoms with E-state index in [0.717, 1.165) is 25.0 Å². The number of carbonyl (C=O) groups excluding carboxylic acids is 2. The second kappa shape index (κ2) is 11.5. The Bertz CT molecular complexity index is 742. The molecule has 0 radical (unpaired) electrons. The molecule has 10 heteroatoms. The zero-order valence-corrected chi connectivity index (χ0v) is 18.1. The Labute approximate surface area is 186 Å². The van der Waals surface area contributed by atoms with E-state index in [9.17, 15) is 22.8 Å². The van der Waals surface area contributed by atoms with Gasteiger partial charge in [0.15, 0.2) is 0 Å². The lowest BCUT2D eigenvalue weighted by Crippen LogP contribution is -2.51. The summed E-state index contributed by atoms with van der Waals surface area (Å²) in [5, 5.41) is 5.84. The first-order valence-electron chi connectivity index (χ1n) is 11.2. The zero-order chi connectivity index (χ0) is 23.0. The van der Waals surface area contributed by atoms with Crippen LogP contribution in [-0.2, 0) is 9.59 Å². The van der Waals surface area contributed by atoms with Crippen LogP contribution in [0.2, 0.25) is 0 Å². The van der Waals surface area contributed by atoms with Crippen LogP contribution in [-0.4, -0.2) is 73.3 Å². The summed E-state index contributed by atoms with van der Waals surface area (Å²) < 4.78 is 40.4. The van der Waals surface area contributed by atoms with Crippen molar-refractivity contribution in [3.63, 3.8) is 0 Å². The molecular formula is C22H31F3N4O3. The molecule has 1 aromatic rings. The molecule has 32 heavy (non-hydrogen) atoms. The number of benzene rings is 1. The van der Waals surface area contributed by atoms with Crippen LogP contribution in [0, 0.1) is 0 Å². The summed E-state index contributed by atoms with van der Waals surface area (Å²) in [5.41, 5.74) is 0.401. The number of piperazine rings is 1. The predicted octanol–water partition coefficient (Wildman–Crippen LogP) is 2.98. The topological polar surface area (TPSA) is 73.9 Å². The van der Waals surface area contributed by atoms with Crippen LogP contribution < -0.4 is 15.4 Å². The number of alkyl halides is 3. The highest BCUT2D eigenvalue weighted by molar-refractivity contribution is 5.92. The first-order valence-corrected chi connectivity index (χ1v) is 11.2. The van der Waals surface area contributed by atoms with Gasteiger partial charge in [0.1, 0.15) is 5.75 Å². The Balaban J connectivity index is 1.34. The average Bonchev–Trinajstić information content (AvgIpc) is 2.98. The summed E-state index contributed by atoms with van der Waals surface area (Å²) in [6.07, 6.45) is 2.23. The predicted molar refractivity (Wildman–Crippen MR) is 114 cm³/mol. The lowest BCUT2D eigenvalue weighted by molar-refractivity contribution is -0.274. The van der Waals surface area contributed by atoms with E-state index in [1.165, 1.54) is 37.8 Å². The molecule has 0 unspecified atom stereocenters. The Hall–Kier alpha value is -2.33. The molecule has 2 amide bonds. The third-order valence-corrected chi connectivity index (χ3v) is 5.79. The van der Waals surface area contributed by atoms with Crippen molar-refractivity contribution in [2.75, 3.05) is 44.6 Å². The molecule has 2 fully saturated rings. The summed E-state index contributed by atoms with van der Waals surface area (Å²) in [7, 11) is 0. The number of carbonyl (C=O) groups is 2. The molecule has 0 bridgehead atoms. The second-order valence-corrected chi connectivity index (χ2v) is 8.43. The van der Waals surface area contributed by atoms with Gasteiger partial charge < -0.3 is 15.4 Å². The number of nitrogens with one attached hydrogen (secondary N) is 2. The maximum absolute atomic E-state index is 12.4. The molecule has 0 spiro atoms. The molecule has 1 saturated heterocycles. The van der Waals surface area contributed by atoms with Gasteiger partial charge in [-0.25, -0.2) is 0 Å². The number of hydrogen-bond acceptors (Lipinski definition) is 5. The van der Waals surface area contributed by atoms with E-state index in [1.54, 1.807) is 0 Å². The van der Waals surface area contributed by atoms with Crippen molar-refractivity contribution in [3.05, 3.63) is 24.3 Å². The number of nitrogens with zero attached hydrogens (tertiary/aromatic N) is 2. The molecule has 7 nitrogen and oxygen atoms in total. The van der Waals surface area contributed by atoms with Crippen LogP contribution in [0.25, 0.3) is 0 Å². The van der Waals surface area contributed by atoms with Gasteiger partial charge in [-0.15, -0.1) is 13.2 Å². The molecular weight excluding hydrogens is 425 g/mol. The minimum atomic E-state index is -4.75. The van der Waals surface area contributed by atoms with Crippen molar-refractivity contribution in [1.29, 1.82) is 0 Å². The van der Waals surface area contributed by atoms with Crippen LogP contribution in [0.15, 0.2) is 24.3 Å². The molecule has 0 aromatic heterocycles. The SMILES string of the molecule is O=C(CN1CCN(CC(=O)NC2CCCCCC2)CC1)Nc1ccc(OC(F)(F)F)cc1. The highest BCUT2D eigenvalue weighted by Gasteiger charge is 2.31. The van der Waals surface area contributed by atoms with E-state index >= 15 is 0 Å². The Kier molecular flexibility index (Phi) is 8.75. The molecule has 1 aromatic carbocycles.